The van der Waals surface area contributed by atoms with Gasteiger partial charge in [0.1, 0.15) is 10.6 Å². The predicted molar refractivity (Wildman–Crippen MR) is 101 cm³/mol. The number of fused-ring (bicyclic) bond motifs is 1. The molecule has 3 rings (SSSR count). The van der Waals surface area contributed by atoms with Gasteiger partial charge in [-0.25, -0.2) is 4.39 Å². The number of carbonyl (C=O) groups excluding carboxylic acids is 1. The molecule has 138 valence electrons. The lowest BCUT2D eigenvalue weighted by atomic mass is 10.2. The monoisotopic (exact) mass is 375 g/mol. The molecule has 0 aliphatic heterocycles. The highest BCUT2D eigenvalue weighted by Crippen LogP contribution is 2.28. The first kappa shape index (κ1) is 18.5. The zero-order chi connectivity index (χ0) is 18.5. The summed E-state index contributed by atoms with van der Waals surface area (Å²) in [5.41, 5.74) is 1.85. The quantitative estimate of drug-likeness (QED) is 0.610. The molecule has 0 atom stereocenters. The van der Waals surface area contributed by atoms with Crippen molar-refractivity contribution in [2.75, 3.05) is 20.3 Å². The molecule has 0 unspecified atom stereocenters. The van der Waals surface area contributed by atoms with Crippen molar-refractivity contribution in [3.8, 4) is 0 Å². The van der Waals surface area contributed by atoms with Crippen LogP contribution in [0, 0.1) is 12.7 Å². The maximum atomic E-state index is 13.1. The number of unbranched alkanes of at least 4 members (excludes halogenated alkanes) is 1. The number of nitrogens with one attached hydrogen (secondary N) is 1. The fourth-order valence-corrected chi connectivity index (χ4v) is 3.83. The first-order valence-electron chi connectivity index (χ1n) is 8.57. The van der Waals surface area contributed by atoms with E-state index in [1.807, 2.05) is 17.7 Å². The third-order valence-corrected chi connectivity index (χ3v) is 5.28. The highest BCUT2D eigenvalue weighted by molar-refractivity contribution is 7.20. The molecule has 1 amide bonds. The van der Waals surface area contributed by atoms with Crippen LogP contribution in [-0.2, 0) is 11.3 Å². The molecule has 2 heterocycles. The SMILES string of the molecule is COCCCCNC(=O)c1cc2c(C)nn(Cc3ccc(F)cc3)c2s1. The number of nitrogens with zero attached hydrogens (tertiary/aromatic N) is 2. The molecule has 1 N–H and O–H groups in total. The third kappa shape index (κ3) is 4.28. The van der Waals surface area contributed by atoms with Gasteiger partial charge < -0.3 is 10.1 Å². The summed E-state index contributed by atoms with van der Waals surface area (Å²) in [6.45, 7) is 3.82. The van der Waals surface area contributed by atoms with Crippen LogP contribution in [-0.4, -0.2) is 35.9 Å². The van der Waals surface area contributed by atoms with Crippen molar-refractivity contribution in [2.24, 2.45) is 0 Å². The van der Waals surface area contributed by atoms with Gasteiger partial charge in [0, 0.05) is 25.6 Å². The molecule has 0 spiro atoms. The summed E-state index contributed by atoms with van der Waals surface area (Å²) in [5, 5.41) is 8.49. The number of rotatable bonds is 8. The Morgan fingerprint density at radius 2 is 2.08 bits per heavy atom. The van der Waals surface area contributed by atoms with Gasteiger partial charge >= 0.3 is 0 Å². The Kier molecular flexibility index (Phi) is 6.00. The smallest absolute Gasteiger partial charge is 0.261 e. The van der Waals surface area contributed by atoms with Crippen molar-refractivity contribution in [3.05, 3.63) is 52.3 Å². The van der Waals surface area contributed by atoms with Crippen LogP contribution < -0.4 is 5.32 Å². The van der Waals surface area contributed by atoms with Crippen LogP contribution in [0.5, 0.6) is 0 Å². The lowest BCUT2D eigenvalue weighted by molar-refractivity contribution is 0.0955. The summed E-state index contributed by atoms with van der Waals surface area (Å²) in [7, 11) is 1.67. The number of methoxy groups -OCH3 is 1. The summed E-state index contributed by atoms with van der Waals surface area (Å²) >= 11 is 1.43. The molecule has 0 saturated heterocycles. The lowest BCUT2D eigenvalue weighted by Gasteiger charge is -2.04. The van der Waals surface area contributed by atoms with Gasteiger partial charge in [0.25, 0.3) is 5.91 Å². The first-order chi connectivity index (χ1) is 12.6. The second-order valence-corrected chi connectivity index (χ2v) is 7.19. The topological polar surface area (TPSA) is 56.1 Å². The number of amides is 1. The molecule has 5 nitrogen and oxygen atoms in total. The molecule has 0 aliphatic rings. The van der Waals surface area contributed by atoms with Crippen LogP contribution >= 0.6 is 11.3 Å². The molecule has 26 heavy (non-hydrogen) atoms. The van der Waals surface area contributed by atoms with Crippen molar-refractivity contribution in [1.82, 2.24) is 15.1 Å². The van der Waals surface area contributed by atoms with Crippen molar-refractivity contribution < 1.29 is 13.9 Å². The minimum Gasteiger partial charge on any atom is -0.385 e. The van der Waals surface area contributed by atoms with Crippen LogP contribution in [0.4, 0.5) is 4.39 Å². The van der Waals surface area contributed by atoms with Gasteiger partial charge in [0.2, 0.25) is 0 Å². The molecule has 1 aromatic carbocycles. The van der Waals surface area contributed by atoms with Crippen LogP contribution in [0.15, 0.2) is 30.3 Å². The third-order valence-electron chi connectivity index (χ3n) is 4.14. The highest BCUT2D eigenvalue weighted by Gasteiger charge is 2.16. The van der Waals surface area contributed by atoms with Crippen LogP contribution in [0.25, 0.3) is 10.2 Å². The number of hydrogen-bond acceptors (Lipinski definition) is 4. The van der Waals surface area contributed by atoms with Crippen LogP contribution in [0.3, 0.4) is 0 Å². The molecule has 0 saturated carbocycles. The van der Waals surface area contributed by atoms with Gasteiger partial charge in [-0.05, 0) is 43.5 Å². The van der Waals surface area contributed by atoms with Crippen molar-refractivity contribution in [3.63, 3.8) is 0 Å². The fourth-order valence-electron chi connectivity index (χ4n) is 2.75. The molecular formula is C19H22FN3O2S. The zero-order valence-corrected chi connectivity index (χ0v) is 15.7. The molecule has 2 aromatic heterocycles. The van der Waals surface area contributed by atoms with E-state index in [1.165, 1.54) is 23.5 Å². The number of carbonyl (C=O) groups is 1. The number of aryl methyl sites for hydroxylation is 1. The Balaban J connectivity index is 1.72. The van der Waals surface area contributed by atoms with Crippen LogP contribution in [0.1, 0.15) is 33.8 Å². The molecule has 3 aromatic rings. The minimum atomic E-state index is -0.254. The van der Waals surface area contributed by atoms with E-state index in [2.05, 4.69) is 10.4 Å². The van der Waals surface area contributed by atoms with E-state index in [0.29, 0.717) is 24.6 Å². The fraction of sp³-hybridized carbons (Fsp3) is 0.368. The van der Waals surface area contributed by atoms with Crippen molar-refractivity contribution >= 4 is 27.5 Å². The normalized spacial score (nSPS) is 11.2. The van der Waals surface area contributed by atoms with E-state index in [-0.39, 0.29) is 11.7 Å². The minimum absolute atomic E-state index is 0.0589. The second-order valence-electron chi connectivity index (χ2n) is 6.15. The second kappa shape index (κ2) is 8.42. The van der Waals surface area contributed by atoms with E-state index in [0.717, 1.165) is 34.3 Å². The predicted octanol–water partition coefficient (Wildman–Crippen LogP) is 3.75. The van der Waals surface area contributed by atoms with E-state index in [1.54, 1.807) is 19.2 Å². The Labute approximate surface area is 155 Å². The average Bonchev–Trinajstić information content (AvgIpc) is 3.18. The molecule has 0 bridgehead atoms. The zero-order valence-electron chi connectivity index (χ0n) is 14.9. The Morgan fingerprint density at radius 3 is 2.81 bits per heavy atom. The maximum Gasteiger partial charge on any atom is 0.261 e. The molecule has 0 fully saturated rings. The number of benzene rings is 1. The van der Waals surface area contributed by atoms with Gasteiger partial charge in [0.15, 0.2) is 0 Å². The standard InChI is InChI=1S/C19H22FN3O2S/c1-13-16-11-17(18(24)21-9-3-4-10-25-2)26-19(16)23(22-13)12-14-5-7-15(20)8-6-14/h5-8,11H,3-4,9-10,12H2,1-2H3,(H,21,24). The van der Waals surface area contributed by atoms with Gasteiger partial charge in [-0.2, -0.15) is 5.10 Å². The van der Waals surface area contributed by atoms with E-state index < -0.39 is 0 Å². The van der Waals surface area contributed by atoms with Crippen LogP contribution in [0.2, 0.25) is 0 Å². The maximum absolute atomic E-state index is 13.1. The Hall–Kier alpha value is -2.25. The van der Waals surface area contributed by atoms with Crippen molar-refractivity contribution in [2.45, 2.75) is 26.3 Å². The van der Waals surface area contributed by atoms with Gasteiger partial charge in [-0.15, -0.1) is 11.3 Å². The van der Waals surface area contributed by atoms with Gasteiger partial charge in [0.05, 0.1) is 17.1 Å². The van der Waals surface area contributed by atoms with E-state index in [9.17, 15) is 9.18 Å². The van der Waals surface area contributed by atoms with E-state index >= 15 is 0 Å². The molecular weight excluding hydrogens is 353 g/mol. The summed E-state index contributed by atoms with van der Waals surface area (Å²) in [6, 6.07) is 8.28. The summed E-state index contributed by atoms with van der Waals surface area (Å²) in [4.78, 5) is 14.0. The highest BCUT2D eigenvalue weighted by atomic mass is 32.1. The molecule has 7 heteroatoms. The number of thiophene rings is 1. The average molecular weight is 375 g/mol. The number of hydrogen-bond donors (Lipinski definition) is 1. The summed E-state index contributed by atoms with van der Waals surface area (Å²) in [6.07, 6.45) is 1.82. The number of ether oxygens (including phenoxy) is 1. The van der Waals surface area contributed by atoms with Crippen molar-refractivity contribution in [1.29, 1.82) is 0 Å². The number of halogens is 1. The molecule has 0 radical (unpaired) electrons. The van der Waals surface area contributed by atoms with Gasteiger partial charge in [-0.3, -0.25) is 9.48 Å². The molecule has 0 aliphatic carbocycles. The largest absolute Gasteiger partial charge is 0.385 e. The number of aromatic nitrogens is 2. The van der Waals surface area contributed by atoms with Gasteiger partial charge in [-0.1, -0.05) is 12.1 Å². The first-order valence-corrected chi connectivity index (χ1v) is 9.38. The Morgan fingerprint density at radius 1 is 1.31 bits per heavy atom. The Bertz CT molecular complexity index is 886. The van der Waals surface area contributed by atoms with E-state index in [4.69, 9.17) is 4.74 Å². The summed E-state index contributed by atoms with van der Waals surface area (Å²) in [5.74, 6) is -0.313. The lowest BCUT2D eigenvalue weighted by Crippen LogP contribution is -2.23. The summed E-state index contributed by atoms with van der Waals surface area (Å²) < 4.78 is 19.9.